The highest BCUT2D eigenvalue weighted by Crippen LogP contribution is 2.61. The number of ether oxygens (including phenoxy) is 1. The highest BCUT2D eigenvalue weighted by Gasteiger charge is 2.57. The van der Waals surface area contributed by atoms with Crippen LogP contribution in [0.5, 0.6) is 5.75 Å². The van der Waals surface area contributed by atoms with Crippen molar-refractivity contribution in [3.63, 3.8) is 0 Å². The van der Waals surface area contributed by atoms with Crippen molar-refractivity contribution in [2.24, 2.45) is 22.7 Å². The summed E-state index contributed by atoms with van der Waals surface area (Å²) in [7, 11) is 3.80. The SMILES string of the molecule is C=C1CCC2[C@](C)(CC[C@H](O)[C@@]2(C)CO)C1/C=C/C1=CC(=C\c2ccc(N(C)C)cc2O)/OC1=O. The zero-order valence-electron chi connectivity index (χ0n) is 21.1. The second-order valence-corrected chi connectivity index (χ2v) is 11.0. The van der Waals surface area contributed by atoms with Crippen LogP contribution in [-0.2, 0) is 9.53 Å². The fraction of sp³-hybridized carbons (Fsp3) is 0.483. The molecule has 2 saturated carbocycles. The fourth-order valence-corrected chi connectivity index (χ4v) is 6.37. The van der Waals surface area contributed by atoms with E-state index in [1.165, 1.54) is 0 Å². The van der Waals surface area contributed by atoms with Crippen LogP contribution < -0.4 is 4.90 Å². The second-order valence-electron chi connectivity index (χ2n) is 11.0. The molecule has 5 atom stereocenters. The van der Waals surface area contributed by atoms with Crippen LogP contribution in [0.2, 0.25) is 0 Å². The number of carbonyl (C=O) groups excluding carboxylic acids is 1. The number of rotatable bonds is 5. The molecule has 0 aromatic heterocycles. The average molecular weight is 480 g/mol. The highest BCUT2D eigenvalue weighted by atomic mass is 16.5. The molecule has 2 aliphatic carbocycles. The number of fused-ring (bicyclic) bond motifs is 1. The minimum atomic E-state index is -0.550. The predicted octanol–water partition coefficient (Wildman–Crippen LogP) is 4.58. The van der Waals surface area contributed by atoms with Gasteiger partial charge in [-0.15, -0.1) is 0 Å². The molecule has 0 saturated heterocycles. The van der Waals surface area contributed by atoms with Gasteiger partial charge in [-0.05, 0) is 61.3 Å². The molecule has 6 heteroatoms. The van der Waals surface area contributed by atoms with E-state index in [2.05, 4.69) is 13.5 Å². The quantitative estimate of drug-likeness (QED) is 0.423. The molecule has 6 nitrogen and oxygen atoms in total. The normalized spacial score (nSPS) is 34.2. The molecule has 3 aliphatic rings. The molecule has 0 amide bonds. The number of cyclic esters (lactones) is 1. The van der Waals surface area contributed by atoms with Crippen molar-refractivity contribution in [2.45, 2.75) is 45.6 Å². The van der Waals surface area contributed by atoms with E-state index in [4.69, 9.17) is 4.74 Å². The standard InChI is InChI=1S/C29H37NO5/c1-18-6-11-25-28(2,13-12-26(33)29(25,3)17-31)23(18)10-8-20-15-22(35-27(20)34)14-19-7-9-21(30(4)5)16-24(19)32/h7-10,14-16,23,25-26,31-33H,1,6,11-13,17H2,2-5H3/b10-8+,22-14+/t23?,25?,26-,28+,29-/m0/s1. The van der Waals surface area contributed by atoms with E-state index in [9.17, 15) is 20.1 Å². The number of hydrogen-bond donors (Lipinski definition) is 3. The van der Waals surface area contributed by atoms with Crippen molar-refractivity contribution in [3.05, 3.63) is 65.5 Å². The van der Waals surface area contributed by atoms with Crippen LogP contribution in [0.4, 0.5) is 5.69 Å². The van der Waals surface area contributed by atoms with E-state index in [0.29, 0.717) is 23.3 Å². The summed E-state index contributed by atoms with van der Waals surface area (Å²) >= 11 is 0. The van der Waals surface area contributed by atoms with Crippen molar-refractivity contribution in [2.75, 3.05) is 25.6 Å². The Morgan fingerprint density at radius 3 is 2.66 bits per heavy atom. The van der Waals surface area contributed by atoms with E-state index < -0.39 is 17.5 Å². The molecule has 35 heavy (non-hydrogen) atoms. The third kappa shape index (κ3) is 4.45. The first kappa shape index (κ1) is 25.3. The molecule has 2 fully saturated rings. The molecular weight excluding hydrogens is 442 g/mol. The van der Waals surface area contributed by atoms with Gasteiger partial charge < -0.3 is 25.0 Å². The first-order chi connectivity index (χ1) is 16.5. The van der Waals surface area contributed by atoms with Gasteiger partial charge in [-0.3, -0.25) is 0 Å². The Morgan fingerprint density at radius 2 is 2.00 bits per heavy atom. The maximum Gasteiger partial charge on any atom is 0.343 e. The van der Waals surface area contributed by atoms with Gasteiger partial charge in [0, 0.05) is 42.7 Å². The summed E-state index contributed by atoms with van der Waals surface area (Å²) in [6.45, 7) is 8.50. The van der Waals surface area contributed by atoms with Crippen molar-refractivity contribution >= 4 is 17.7 Å². The molecular formula is C29H37NO5. The van der Waals surface area contributed by atoms with Gasteiger partial charge in [0.2, 0.25) is 0 Å². The van der Waals surface area contributed by atoms with Crippen LogP contribution in [0.25, 0.3) is 6.08 Å². The summed E-state index contributed by atoms with van der Waals surface area (Å²) in [6.07, 6.45) is 9.85. The Bertz CT molecular complexity index is 1120. The molecule has 188 valence electrons. The van der Waals surface area contributed by atoms with Crippen LogP contribution in [0, 0.1) is 22.7 Å². The number of hydrogen-bond acceptors (Lipinski definition) is 6. The molecule has 0 radical (unpaired) electrons. The van der Waals surface area contributed by atoms with Crippen molar-refractivity contribution < 1.29 is 24.9 Å². The Kier molecular flexibility index (Phi) is 6.73. The zero-order chi connectivity index (χ0) is 25.5. The molecule has 3 N–H and O–H groups in total. The van der Waals surface area contributed by atoms with Gasteiger partial charge in [-0.2, -0.15) is 0 Å². The number of carbonyl (C=O) groups is 1. The molecule has 1 aromatic rings. The van der Waals surface area contributed by atoms with E-state index >= 15 is 0 Å². The summed E-state index contributed by atoms with van der Waals surface area (Å²) in [5.74, 6) is 0.240. The Morgan fingerprint density at radius 1 is 1.26 bits per heavy atom. The van der Waals surface area contributed by atoms with Crippen molar-refractivity contribution in [1.82, 2.24) is 0 Å². The van der Waals surface area contributed by atoms with E-state index in [-0.39, 0.29) is 29.6 Å². The van der Waals surface area contributed by atoms with Crippen LogP contribution in [0.3, 0.4) is 0 Å². The fourth-order valence-electron chi connectivity index (χ4n) is 6.37. The van der Waals surface area contributed by atoms with Gasteiger partial charge in [0.1, 0.15) is 11.5 Å². The van der Waals surface area contributed by atoms with Gasteiger partial charge in [-0.1, -0.05) is 38.2 Å². The molecule has 1 aliphatic heterocycles. The molecule has 0 spiro atoms. The Hall–Kier alpha value is -2.83. The monoisotopic (exact) mass is 479 g/mol. The van der Waals surface area contributed by atoms with Gasteiger partial charge in [0.15, 0.2) is 0 Å². The minimum absolute atomic E-state index is 0.0315. The van der Waals surface area contributed by atoms with Crippen molar-refractivity contribution in [3.8, 4) is 5.75 Å². The number of allylic oxidation sites excluding steroid dienone is 3. The largest absolute Gasteiger partial charge is 0.507 e. The lowest BCUT2D eigenvalue weighted by molar-refractivity contribution is -0.145. The highest BCUT2D eigenvalue weighted by molar-refractivity contribution is 5.96. The van der Waals surface area contributed by atoms with E-state index in [0.717, 1.165) is 30.5 Å². The summed E-state index contributed by atoms with van der Waals surface area (Å²) in [4.78, 5) is 14.5. The van der Waals surface area contributed by atoms with E-state index in [1.807, 2.05) is 44.1 Å². The zero-order valence-corrected chi connectivity index (χ0v) is 21.1. The lowest BCUT2D eigenvalue weighted by Gasteiger charge is -2.59. The first-order valence-corrected chi connectivity index (χ1v) is 12.3. The van der Waals surface area contributed by atoms with Gasteiger partial charge in [0.25, 0.3) is 0 Å². The summed E-state index contributed by atoms with van der Waals surface area (Å²) < 4.78 is 5.44. The molecule has 1 aromatic carbocycles. The molecule has 0 bridgehead atoms. The third-order valence-electron chi connectivity index (χ3n) is 8.60. The number of benzene rings is 1. The smallest absolute Gasteiger partial charge is 0.343 e. The number of esters is 1. The van der Waals surface area contributed by atoms with Crippen LogP contribution in [0.15, 0.2) is 59.9 Å². The molecule has 2 unspecified atom stereocenters. The predicted molar refractivity (Wildman–Crippen MR) is 138 cm³/mol. The number of phenolic OH excluding ortho intramolecular Hbond substituents is 1. The lowest BCUT2D eigenvalue weighted by Crippen LogP contribution is -2.57. The minimum Gasteiger partial charge on any atom is -0.507 e. The topological polar surface area (TPSA) is 90.2 Å². The first-order valence-electron chi connectivity index (χ1n) is 12.3. The lowest BCUT2D eigenvalue weighted by atomic mass is 9.46. The molecule has 4 rings (SSSR count). The van der Waals surface area contributed by atoms with Crippen LogP contribution in [0.1, 0.15) is 45.1 Å². The number of anilines is 1. The second kappa shape index (κ2) is 9.32. The summed E-state index contributed by atoms with van der Waals surface area (Å²) in [6, 6.07) is 5.34. The van der Waals surface area contributed by atoms with Gasteiger partial charge in [-0.25, -0.2) is 4.79 Å². The average Bonchev–Trinajstić information content (AvgIpc) is 3.16. The number of phenols is 1. The maximum atomic E-state index is 12.6. The number of nitrogens with zero attached hydrogens (tertiary/aromatic N) is 1. The number of aliphatic hydroxyl groups excluding tert-OH is 2. The maximum absolute atomic E-state index is 12.6. The molecule has 1 heterocycles. The third-order valence-corrected chi connectivity index (χ3v) is 8.60. The Balaban J connectivity index is 1.59. The van der Waals surface area contributed by atoms with Gasteiger partial charge >= 0.3 is 5.97 Å². The van der Waals surface area contributed by atoms with Crippen molar-refractivity contribution in [1.29, 1.82) is 0 Å². The number of aliphatic hydroxyl groups is 2. The van der Waals surface area contributed by atoms with Crippen LogP contribution in [-0.4, -0.2) is 48.1 Å². The number of aromatic hydroxyl groups is 1. The summed E-state index contributed by atoms with van der Waals surface area (Å²) in [5.41, 5.74) is 2.29. The van der Waals surface area contributed by atoms with Gasteiger partial charge in [0.05, 0.1) is 18.3 Å². The Labute approximate surface area is 207 Å². The van der Waals surface area contributed by atoms with E-state index in [1.54, 1.807) is 24.3 Å². The van der Waals surface area contributed by atoms with Crippen LogP contribution >= 0.6 is 0 Å². The summed E-state index contributed by atoms with van der Waals surface area (Å²) in [5, 5.41) is 31.2.